The molecule has 0 atom stereocenters. The second-order valence-electron chi connectivity index (χ2n) is 6.88. The monoisotopic (exact) mass is 375 g/mol. The number of aromatic amines is 2. The fraction of sp³-hybridized carbons (Fsp3) is 0.190. The molecule has 28 heavy (non-hydrogen) atoms. The van der Waals surface area contributed by atoms with Gasteiger partial charge in [-0.2, -0.15) is 5.10 Å². The summed E-state index contributed by atoms with van der Waals surface area (Å²) in [5.41, 5.74) is 5.15. The number of benzene rings is 2. The molecule has 0 bridgehead atoms. The Kier molecular flexibility index (Phi) is 4.57. The molecule has 0 fully saturated rings. The molecule has 0 aliphatic carbocycles. The predicted octanol–water partition coefficient (Wildman–Crippen LogP) is 2.94. The fourth-order valence-corrected chi connectivity index (χ4v) is 3.28. The van der Waals surface area contributed by atoms with E-state index in [1.54, 1.807) is 25.2 Å². The minimum absolute atomic E-state index is 0.210. The minimum Gasteiger partial charge on any atom is -0.306 e. The molecule has 142 valence electrons. The Morgan fingerprint density at radius 2 is 1.96 bits per heavy atom. The molecule has 7 nitrogen and oxygen atoms in total. The summed E-state index contributed by atoms with van der Waals surface area (Å²) in [6.45, 7) is 2.10. The van der Waals surface area contributed by atoms with Crippen LogP contribution in [0.4, 0.5) is 5.82 Å². The first-order chi connectivity index (χ1) is 13.5. The van der Waals surface area contributed by atoms with E-state index in [4.69, 9.17) is 0 Å². The number of fused-ring (bicyclic) bond motifs is 1. The summed E-state index contributed by atoms with van der Waals surface area (Å²) < 4.78 is 1.51. The molecule has 4 aromatic rings. The molecular weight excluding hydrogens is 354 g/mol. The summed E-state index contributed by atoms with van der Waals surface area (Å²) >= 11 is 0. The number of H-pyrrole nitrogens is 2. The lowest BCUT2D eigenvalue weighted by atomic mass is 10.0. The van der Waals surface area contributed by atoms with Crippen LogP contribution < -0.4 is 11.0 Å². The van der Waals surface area contributed by atoms with E-state index in [2.05, 4.69) is 39.6 Å². The highest BCUT2D eigenvalue weighted by Crippen LogP contribution is 2.15. The third kappa shape index (κ3) is 3.46. The second-order valence-corrected chi connectivity index (χ2v) is 6.88. The van der Waals surface area contributed by atoms with Gasteiger partial charge >= 0.3 is 5.69 Å². The number of nitrogens with one attached hydrogen (secondary N) is 3. The zero-order chi connectivity index (χ0) is 19.7. The average molecular weight is 375 g/mol. The van der Waals surface area contributed by atoms with Crippen LogP contribution in [0.2, 0.25) is 0 Å². The molecule has 2 aromatic heterocycles. The lowest BCUT2D eigenvalue weighted by molar-refractivity contribution is 0.102. The van der Waals surface area contributed by atoms with E-state index >= 15 is 0 Å². The van der Waals surface area contributed by atoms with Crippen molar-refractivity contribution in [1.29, 1.82) is 0 Å². The van der Waals surface area contributed by atoms with Crippen LogP contribution in [0, 0.1) is 6.92 Å². The highest BCUT2D eigenvalue weighted by atomic mass is 16.2. The zero-order valence-electron chi connectivity index (χ0n) is 15.7. The normalized spacial score (nSPS) is 11.1. The van der Waals surface area contributed by atoms with Crippen molar-refractivity contribution in [3.8, 4) is 0 Å². The van der Waals surface area contributed by atoms with E-state index in [1.807, 2.05) is 18.2 Å². The van der Waals surface area contributed by atoms with Gasteiger partial charge in [0.2, 0.25) is 0 Å². The van der Waals surface area contributed by atoms with Gasteiger partial charge in [-0.05, 0) is 49.1 Å². The molecule has 2 aromatic carbocycles. The molecule has 0 radical (unpaired) electrons. The Morgan fingerprint density at radius 1 is 1.14 bits per heavy atom. The zero-order valence-corrected chi connectivity index (χ0v) is 15.7. The Bertz CT molecular complexity index is 1210. The Hall–Kier alpha value is -3.61. The maximum atomic E-state index is 12.5. The maximum Gasteiger partial charge on any atom is 0.326 e. The highest BCUT2D eigenvalue weighted by molar-refractivity contribution is 6.05. The number of amides is 1. The first kappa shape index (κ1) is 17.8. The quantitative estimate of drug-likeness (QED) is 0.500. The third-order valence-corrected chi connectivity index (χ3v) is 4.96. The number of imidazole rings is 1. The van der Waals surface area contributed by atoms with Crippen LogP contribution in [0.3, 0.4) is 0 Å². The van der Waals surface area contributed by atoms with Gasteiger partial charge in [-0.1, -0.05) is 24.3 Å². The number of anilines is 1. The SMILES string of the molecule is Cc1ccccc1CCc1cc(NC(=O)c2ccc3c(c2)[nH]c(=O)n3C)n[nH]1. The van der Waals surface area contributed by atoms with Crippen molar-refractivity contribution in [3.05, 3.63) is 81.4 Å². The van der Waals surface area contributed by atoms with Crippen molar-refractivity contribution in [2.45, 2.75) is 19.8 Å². The van der Waals surface area contributed by atoms with Crippen molar-refractivity contribution >= 4 is 22.8 Å². The molecule has 3 N–H and O–H groups in total. The van der Waals surface area contributed by atoms with Gasteiger partial charge < -0.3 is 10.3 Å². The maximum absolute atomic E-state index is 12.5. The van der Waals surface area contributed by atoms with E-state index in [9.17, 15) is 9.59 Å². The first-order valence-electron chi connectivity index (χ1n) is 9.10. The van der Waals surface area contributed by atoms with Crippen molar-refractivity contribution in [1.82, 2.24) is 19.7 Å². The van der Waals surface area contributed by atoms with Gasteiger partial charge in [0.05, 0.1) is 11.0 Å². The molecule has 0 saturated carbocycles. The van der Waals surface area contributed by atoms with Gasteiger partial charge in [0.1, 0.15) is 0 Å². The molecule has 1 amide bonds. The van der Waals surface area contributed by atoms with Gasteiger partial charge in [-0.15, -0.1) is 0 Å². The summed E-state index contributed by atoms with van der Waals surface area (Å²) in [5, 5.41) is 9.95. The van der Waals surface area contributed by atoms with Crippen LogP contribution in [0.15, 0.2) is 53.3 Å². The number of carbonyl (C=O) groups is 1. The fourth-order valence-electron chi connectivity index (χ4n) is 3.28. The molecule has 7 heteroatoms. The number of rotatable bonds is 5. The molecule has 0 saturated heterocycles. The van der Waals surface area contributed by atoms with E-state index in [-0.39, 0.29) is 11.6 Å². The average Bonchev–Trinajstić information content (AvgIpc) is 3.25. The first-order valence-corrected chi connectivity index (χ1v) is 9.10. The molecule has 0 spiro atoms. The summed E-state index contributed by atoms with van der Waals surface area (Å²) in [4.78, 5) is 26.9. The molecule has 0 unspecified atom stereocenters. The Morgan fingerprint density at radius 3 is 2.79 bits per heavy atom. The standard InChI is InChI=1S/C21H21N5O2/c1-13-5-3-4-6-14(13)7-9-16-12-19(25-24-16)23-20(27)15-8-10-18-17(11-15)22-21(28)26(18)2/h3-6,8,10-12H,7,9H2,1-2H3,(H,22,28)(H2,23,24,25,27). The van der Waals surface area contributed by atoms with Crippen LogP contribution in [-0.2, 0) is 19.9 Å². The second kappa shape index (κ2) is 7.19. The number of hydrogen-bond acceptors (Lipinski definition) is 3. The predicted molar refractivity (Wildman–Crippen MR) is 109 cm³/mol. The summed E-state index contributed by atoms with van der Waals surface area (Å²) in [6, 6.07) is 15.2. The van der Waals surface area contributed by atoms with Crippen molar-refractivity contribution < 1.29 is 4.79 Å². The van der Waals surface area contributed by atoms with Gasteiger partial charge in [0.15, 0.2) is 5.82 Å². The van der Waals surface area contributed by atoms with Crippen LogP contribution >= 0.6 is 0 Å². The topological polar surface area (TPSA) is 95.6 Å². The van der Waals surface area contributed by atoms with E-state index in [1.165, 1.54) is 15.7 Å². The van der Waals surface area contributed by atoms with Crippen molar-refractivity contribution in [2.75, 3.05) is 5.32 Å². The summed E-state index contributed by atoms with van der Waals surface area (Å²) in [5.74, 6) is 0.204. The summed E-state index contributed by atoms with van der Waals surface area (Å²) in [6.07, 6.45) is 1.71. The lowest BCUT2D eigenvalue weighted by Gasteiger charge is -2.03. The van der Waals surface area contributed by atoms with Crippen LogP contribution in [0.25, 0.3) is 11.0 Å². The summed E-state index contributed by atoms with van der Waals surface area (Å²) in [7, 11) is 1.68. The number of carbonyl (C=O) groups excluding carboxylic acids is 1. The Balaban J connectivity index is 1.44. The van der Waals surface area contributed by atoms with E-state index in [0.29, 0.717) is 16.9 Å². The molecule has 4 rings (SSSR count). The van der Waals surface area contributed by atoms with Crippen LogP contribution in [-0.4, -0.2) is 25.7 Å². The van der Waals surface area contributed by atoms with E-state index < -0.39 is 0 Å². The Labute approximate surface area is 161 Å². The molecule has 2 heterocycles. The number of nitrogens with zero attached hydrogens (tertiary/aromatic N) is 2. The smallest absolute Gasteiger partial charge is 0.306 e. The lowest BCUT2D eigenvalue weighted by Crippen LogP contribution is -2.12. The number of hydrogen-bond donors (Lipinski definition) is 3. The van der Waals surface area contributed by atoms with Gasteiger partial charge in [0.25, 0.3) is 5.91 Å². The van der Waals surface area contributed by atoms with Gasteiger partial charge in [-0.3, -0.25) is 14.5 Å². The van der Waals surface area contributed by atoms with Crippen LogP contribution in [0.1, 0.15) is 27.2 Å². The number of aromatic nitrogens is 4. The van der Waals surface area contributed by atoms with Crippen molar-refractivity contribution in [3.63, 3.8) is 0 Å². The minimum atomic E-state index is -0.274. The van der Waals surface area contributed by atoms with Crippen molar-refractivity contribution in [2.24, 2.45) is 7.05 Å². The van der Waals surface area contributed by atoms with E-state index in [0.717, 1.165) is 24.1 Å². The van der Waals surface area contributed by atoms with Crippen LogP contribution in [0.5, 0.6) is 0 Å². The van der Waals surface area contributed by atoms with Gasteiger partial charge in [0, 0.05) is 24.4 Å². The highest BCUT2D eigenvalue weighted by Gasteiger charge is 2.11. The molecular formula is C21H21N5O2. The largest absolute Gasteiger partial charge is 0.326 e. The molecule has 0 aliphatic rings. The number of aryl methyl sites for hydroxylation is 4. The third-order valence-electron chi connectivity index (χ3n) is 4.96. The van der Waals surface area contributed by atoms with Gasteiger partial charge in [-0.25, -0.2) is 4.79 Å². The molecule has 0 aliphatic heterocycles.